The van der Waals surface area contributed by atoms with Crippen molar-refractivity contribution < 1.29 is 28.0 Å². The minimum absolute atomic E-state index is 0.0868. The van der Waals surface area contributed by atoms with Crippen LogP contribution >= 0.6 is 0 Å². The van der Waals surface area contributed by atoms with E-state index in [1.807, 2.05) is 0 Å². The summed E-state index contributed by atoms with van der Waals surface area (Å²) in [6.07, 6.45) is -0.712. The van der Waals surface area contributed by atoms with Crippen LogP contribution in [0.2, 0.25) is 0 Å². The molecule has 0 spiro atoms. The Morgan fingerprint density at radius 3 is 2.55 bits per heavy atom. The first kappa shape index (κ1) is 17.6. The van der Waals surface area contributed by atoms with Gasteiger partial charge in [0.15, 0.2) is 11.6 Å². The Hall–Kier alpha value is -2.45. The first-order chi connectivity index (χ1) is 10.1. The number of ether oxygens (including phenoxy) is 2. The van der Waals surface area contributed by atoms with Crippen molar-refractivity contribution in [2.24, 2.45) is 0 Å². The number of hydrogen-bond acceptors (Lipinski definition) is 5. The van der Waals surface area contributed by atoms with Crippen LogP contribution in [0.5, 0.6) is 5.75 Å². The number of benzene rings is 1. The monoisotopic (exact) mass is 318 g/mol. The van der Waals surface area contributed by atoms with Gasteiger partial charge in [0, 0.05) is 6.07 Å². The molecule has 1 aromatic carbocycles. The van der Waals surface area contributed by atoms with E-state index in [0.29, 0.717) is 6.07 Å². The summed E-state index contributed by atoms with van der Waals surface area (Å²) in [5.74, 6) is -3.33. The van der Waals surface area contributed by atoms with Crippen LogP contribution < -0.4 is 10.1 Å². The fourth-order valence-corrected chi connectivity index (χ4v) is 1.42. The van der Waals surface area contributed by atoms with Crippen molar-refractivity contribution in [3.8, 4) is 5.75 Å². The Morgan fingerprint density at radius 1 is 1.36 bits per heavy atom. The summed E-state index contributed by atoms with van der Waals surface area (Å²) < 4.78 is 36.8. The zero-order valence-electron chi connectivity index (χ0n) is 12.3. The Morgan fingerprint density at radius 2 is 2.00 bits per heavy atom. The molecule has 1 amide bonds. The molecule has 0 saturated heterocycles. The molecule has 22 heavy (non-hydrogen) atoms. The average molecular weight is 318 g/mol. The maximum absolute atomic E-state index is 13.7. The number of nitro groups is 1. The van der Waals surface area contributed by atoms with Crippen LogP contribution in [0.3, 0.4) is 0 Å². The van der Waals surface area contributed by atoms with Crippen LogP contribution in [0.1, 0.15) is 20.8 Å². The van der Waals surface area contributed by atoms with E-state index in [9.17, 15) is 23.7 Å². The van der Waals surface area contributed by atoms with Crippen LogP contribution in [0.4, 0.5) is 19.3 Å². The molecule has 1 aromatic rings. The van der Waals surface area contributed by atoms with Crippen molar-refractivity contribution in [2.45, 2.75) is 26.4 Å². The molecule has 0 aliphatic carbocycles. The van der Waals surface area contributed by atoms with Gasteiger partial charge >= 0.3 is 11.8 Å². The molecule has 0 unspecified atom stereocenters. The molecule has 0 aliphatic rings. The predicted octanol–water partition coefficient (Wildman–Crippen LogP) is 2.78. The molecule has 0 fully saturated rings. The third-order valence-electron chi connectivity index (χ3n) is 2.24. The number of nitrogens with one attached hydrogen (secondary N) is 1. The Bertz CT molecular complexity index is 572. The third kappa shape index (κ3) is 5.15. The van der Waals surface area contributed by atoms with Gasteiger partial charge in [0.2, 0.25) is 5.82 Å². The summed E-state index contributed by atoms with van der Waals surface area (Å²) in [5.41, 5.74) is -1.57. The van der Waals surface area contributed by atoms with Crippen molar-refractivity contribution >= 4 is 11.8 Å². The molecule has 1 N–H and O–H groups in total. The summed E-state index contributed by atoms with van der Waals surface area (Å²) >= 11 is 0. The third-order valence-corrected chi connectivity index (χ3v) is 2.24. The van der Waals surface area contributed by atoms with E-state index >= 15 is 0 Å². The zero-order valence-corrected chi connectivity index (χ0v) is 12.3. The van der Waals surface area contributed by atoms with E-state index in [-0.39, 0.29) is 13.2 Å². The summed E-state index contributed by atoms with van der Waals surface area (Å²) in [6, 6.07) is 1.44. The standard InChI is InChI=1S/C13H16F2N2O5/c1-13(2,3)22-12(18)16-6-7-21-11-8(14)4-5-9(10(11)15)17(19)20/h4-5H,6-7H2,1-3H3,(H,16,18). The molecular formula is C13H16F2N2O5. The van der Waals surface area contributed by atoms with E-state index in [2.05, 4.69) is 5.32 Å². The summed E-state index contributed by atoms with van der Waals surface area (Å²) in [5, 5.41) is 12.9. The van der Waals surface area contributed by atoms with Crippen LogP contribution in [0.25, 0.3) is 0 Å². The molecule has 9 heteroatoms. The number of nitrogens with zero attached hydrogens (tertiary/aromatic N) is 1. The van der Waals surface area contributed by atoms with Crippen LogP contribution in [0.15, 0.2) is 12.1 Å². The molecule has 0 heterocycles. The Labute approximate surface area is 125 Å². The maximum Gasteiger partial charge on any atom is 0.407 e. The van der Waals surface area contributed by atoms with Gasteiger partial charge in [0.1, 0.15) is 12.2 Å². The van der Waals surface area contributed by atoms with Crippen molar-refractivity contribution in [3.63, 3.8) is 0 Å². The van der Waals surface area contributed by atoms with E-state index in [1.54, 1.807) is 20.8 Å². The molecule has 1 rings (SSSR count). The predicted molar refractivity (Wildman–Crippen MR) is 72.7 cm³/mol. The van der Waals surface area contributed by atoms with E-state index in [1.165, 1.54) is 0 Å². The topological polar surface area (TPSA) is 90.7 Å². The van der Waals surface area contributed by atoms with Gasteiger partial charge in [-0.15, -0.1) is 0 Å². The highest BCUT2D eigenvalue weighted by atomic mass is 19.1. The summed E-state index contributed by atoms with van der Waals surface area (Å²) in [6.45, 7) is 4.66. The van der Waals surface area contributed by atoms with Crippen molar-refractivity contribution in [2.75, 3.05) is 13.2 Å². The summed E-state index contributed by atoms with van der Waals surface area (Å²) in [7, 11) is 0. The van der Waals surface area contributed by atoms with Crippen LogP contribution in [-0.2, 0) is 4.74 Å². The van der Waals surface area contributed by atoms with Gasteiger partial charge in [-0.2, -0.15) is 4.39 Å². The number of amides is 1. The van der Waals surface area contributed by atoms with Gasteiger partial charge < -0.3 is 14.8 Å². The quantitative estimate of drug-likeness (QED) is 0.512. The zero-order chi connectivity index (χ0) is 16.9. The lowest BCUT2D eigenvalue weighted by molar-refractivity contribution is -0.387. The largest absolute Gasteiger partial charge is 0.486 e. The van der Waals surface area contributed by atoms with E-state index in [0.717, 1.165) is 6.07 Å². The van der Waals surface area contributed by atoms with Crippen molar-refractivity contribution in [1.82, 2.24) is 5.32 Å². The van der Waals surface area contributed by atoms with Crippen LogP contribution in [0, 0.1) is 21.7 Å². The van der Waals surface area contributed by atoms with Gasteiger partial charge in [0.05, 0.1) is 11.5 Å². The van der Waals surface area contributed by atoms with Crippen molar-refractivity contribution in [1.29, 1.82) is 0 Å². The van der Waals surface area contributed by atoms with Gasteiger partial charge in [-0.25, -0.2) is 9.18 Å². The van der Waals surface area contributed by atoms with Gasteiger partial charge in [-0.1, -0.05) is 0 Å². The second kappa shape index (κ2) is 7.01. The lowest BCUT2D eigenvalue weighted by Crippen LogP contribution is -2.34. The molecule has 122 valence electrons. The minimum atomic E-state index is -1.40. The molecule has 0 aromatic heterocycles. The average Bonchev–Trinajstić information content (AvgIpc) is 2.34. The second-order valence-electron chi connectivity index (χ2n) is 5.24. The number of rotatable bonds is 5. The van der Waals surface area contributed by atoms with Crippen LogP contribution in [-0.4, -0.2) is 29.8 Å². The number of carbonyl (C=O) groups is 1. The lowest BCUT2D eigenvalue weighted by Gasteiger charge is -2.19. The lowest BCUT2D eigenvalue weighted by atomic mass is 10.2. The highest BCUT2D eigenvalue weighted by Crippen LogP contribution is 2.29. The second-order valence-corrected chi connectivity index (χ2v) is 5.24. The van der Waals surface area contributed by atoms with Gasteiger partial charge in [-0.05, 0) is 26.8 Å². The number of hydrogen-bond donors (Lipinski definition) is 1. The number of nitro benzene ring substituents is 1. The first-order valence-electron chi connectivity index (χ1n) is 6.34. The van der Waals surface area contributed by atoms with Gasteiger partial charge in [-0.3, -0.25) is 10.1 Å². The first-order valence-corrected chi connectivity index (χ1v) is 6.34. The molecule has 7 nitrogen and oxygen atoms in total. The molecule has 0 bridgehead atoms. The Balaban J connectivity index is 2.57. The van der Waals surface area contributed by atoms with Crippen molar-refractivity contribution in [3.05, 3.63) is 33.9 Å². The number of halogens is 2. The fraction of sp³-hybridized carbons (Fsp3) is 0.462. The highest BCUT2D eigenvalue weighted by molar-refractivity contribution is 5.67. The van der Waals surface area contributed by atoms with E-state index < -0.39 is 39.7 Å². The highest BCUT2D eigenvalue weighted by Gasteiger charge is 2.22. The Kier molecular flexibility index (Phi) is 5.61. The molecule has 0 atom stereocenters. The fourth-order valence-electron chi connectivity index (χ4n) is 1.42. The minimum Gasteiger partial charge on any atom is -0.486 e. The molecule has 0 radical (unpaired) electrons. The molecular weight excluding hydrogens is 302 g/mol. The normalized spacial score (nSPS) is 11.0. The number of carbonyl (C=O) groups excluding carboxylic acids is 1. The smallest absolute Gasteiger partial charge is 0.407 e. The maximum atomic E-state index is 13.7. The SMILES string of the molecule is CC(C)(C)OC(=O)NCCOc1c(F)ccc([N+](=O)[O-])c1F. The number of alkyl carbamates (subject to hydrolysis) is 1. The van der Waals surface area contributed by atoms with Gasteiger partial charge in [0.25, 0.3) is 0 Å². The summed E-state index contributed by atoms with van der Waals surface area (Å²) in [4.78, 5) is 20.9. The molecule has 0 saturated carbocycles. The molecule has 0 aliphatic heterocycles. The van der Waals surface area contributed by atoms with E-state index in [4.69, 9.17) is 9.47 Å².